The predicted octanol–water partition coefficient (Wildman–Crippen LogP) is 1.20. The van der Waals surface area contributed by atoms with E-state index in [1.165, 1.54) is 10.4 Å². The van der Waals surface area contributed by atoms with Gasteiger partial charge in [-0.05, 0) is 35.7 Å². The lowest BCUT2D eigenvalue weighted by molar-refractivity contribution is 0.280. The van der Waals surface area contributed by atoms with Crippen LogP contribution in [0.5, 0.6) is 0 Å². The van der Waals surface area contributed by atoms with E-state index < -0.39 is 41.8 Å². The second kappa shape index (κ2) is 6.79. The minimum Gasteiger partial charge on any atom is -0.229 e. The standard InChI is InChI=1S/C18H21NO6S3/c20-26(21)9-7-16(12-26)19(17-8-10-27(22,23)13-17)28(24,25)18-6-5-14-3-1-2-4-15(14)11-18/h1-6,11,16-17H,7-10,12-13H2/t16-,17+. The largest absolute Gasteiger partial charge is 0.243 e. The first-order valence-corrected chi connectivity index (χ1v) is 14.1. The maximum Gasteiger partial charge on any atom is 0.243 e. The molecule has 2 aliphatic heterocycles. The molecule has 4 rings (SSSR count). The Morgan fingerprint density at radius 3 is 1.82 bits per heavy atom. The van der Waals surface area contributed by atoms with Crippen molar-refractivity contribution in [2.45, 2.75) is 29.8 Å². The zero-order valence-corrected chi connectivity index (χ0v) is 17.5. The molecule has 28 heavy (non-hydrogen) atoms. The van der Waals surface area contributed by atoms with Crippen LogP contribution in [-0.2, 0) is 29.7 Å². The monoisotopic (exact) mass is 443 g/mol. The first kappa shape index (κ1) is 19.8. The van der Waals surface area contributed by atoms with Gasteiger partial charge in [0.25, 0.3) is 0 Å². The third-order valence-corrected chi connectivity index (χ3v) is 10.9. The van der Waals surface area contributed by atoms with Gasteiger partial charge in [-0.3, -0.25) is 0 Å². The van der Waals surface area contributed by atoms with Gasteiger partial charge in [-0.1, -0.05) is 30.3 Å². The summed E-state index contributed by atoms with van der Waals surface area (Å²) >= 11 is 0. The molecule has 152 valence electrons. The van der Waals surface area contributed by atoms with E-state index in [1.54, 1.807) is 18.2 Å². The minimum atomic E-state index is -4.06. The fourth-order valence-corrected chi connectivity index (χ4v) is 9.61. The van der Waals surface area contributed by atoms with Gasteiger partial charge in [0.1, 0.15) is 0 Å². The number of rotatable bonds is 4. The van der Waals surface area contributed by atoms with Crippen LogP contribution in [-0.4, -0.2) is 64.7 Å². The molecular formula is C18H21NO6S3. The van der Waals surface area contributed by atoms with Gasteiger partial charge in [0, 0.05) is 12.1 Å². The Hall–Kier alpha value is -1.49. The van der Waals surface area contributed by atoms with Crippen LogP contribution in [0.3, 0.4) is 0 Å². The van der Waals surface area contributed by atoms with Crippen LogP contribution < -0.4 is 0 Å². The van der Waals surface area contributed by atoms with E-state index in [-0.39, 0.29) is 40.7 Å². The molecule has 2 aromatic carbocycles. The highest BCUT2D eigenvalue weighted by Gasteiger charge is 2.46. The zero-order valence-electron chi connectivity index (χ0n) is 15.1. The molecule has 7 nitrogen and oxygen atoms in total. The first-order valence-electron chi connectivity index (χ1n) is 9.01. The summed E-state index contributed by atoms with van der Waals surface area (Å²) in [5.74, 6) is -0.700. The summed E-state index contributed by atoms with van der Waals surface area (Å²) in [7, 11) is -10.7. The van der Waals surface area contributed by atoms with Gasteiger partial charge in [0.15, 0.2) is 19.7 Å². The highest BCUT2D eigenvalue weighted by atomic mass is 32.2. The van der Waals surface area contributed by atoms with Crippen molar-refractivity contribution in [3.63, 3.8) is 0 Å². The van der Waals surface area contributed by atoms with Crippen molar-refractivity contribution in [1.29, 1.82) is 0 Å². The quantitative estimate of drug-likeness (QED) is 0.703. The SMILES string of the molecule is O=S1(=O)CC[C@@H](N([C@H]2CCS(=O)(=O)C2)S(=O)(=O)c2ccc3ccccc3c2)C1. The molecular weight excluding hydrogens is 422 g/mol. The Bertz CT molecular complexity index is 1190. The van der Waals surface area contributed by atoms with Crippen molar-refractivity contribution < 1.29 is 25.3 Å². The molecule has 0 bridgehead atoms. The molecule has 10 heteroatoms. The Labute approximate surface area is 165 Å². The van der Waals surface area contributed by atoms with E-state index in [0.29, 0.717) is 0 Å². The van der Waals surface area contributed by atoms with Crippen molar-refractivity contribution in [1.82, 2.24) is 4.31 Å². The van der Waals surface area contributed by atoms with E-state index in [0.717, 1.165) is 10.8 Å². The fourth-order valence-electron chi connectivity index (χ4n) is 4.09. The van der Waals surface area contributed by atoms with Crippen LogP contribution in [0.1, 0.15) is 12.8 Å². The molecule has 0 amide bonds. The van der Waals surface area contributed by atoms with E-state index in [1.807, 2.05) is 18.2 Å². The van der Waals surface area contributed by atoms with Gasteiger partial charge < -0.3 is 0 Å². The van der Waals surface area contributed by atoms with Crippen LogP contribution in [0.4, 0.5) is 0 Å². The van der Waals surface area contributed by atoms with Gasteiger partial charge >= 0.3 is 0 Å². The van der Waals surface area contributed by atoms with Gasteiger partial charge in [-0.25, -0.2) is 25.3 Å². The molecule has 0 aromatic heterocycles. The number of fused-ring (bicyclic) bond motifs is 1. The summed E-state index contributed by atoms with van der Waals surface area (Å²) in [6, 6.07) is 10.6. The molecule has 0 N–H and O–H groups in total. The summed E-state index contributed by atoms with van der Waals surface area (Å²) < 4.78 is 76.1. The highest BCUT2D eigenvalue weighted by molar-refractivity contribution is 7.92. The van der Waals surface area contributed by atoms with Crippen LogP contribution in [0.15, 0.2) is 47.4 Å². The lowest BCUT2D eigenvalue weighted by Gasteiger charge is -2.32. The van der Waals surface area contributed by atoms with Crippen LogP contribution >= 0.6 is 0 Å². The summed E-state index contributed by atoms with van der Waals surface area (Å²) in [6.07, 6.45) is 0.372. The molecule has 0 radical (unpaired) electrons. The van der Waals surface area contributed by atoms with Gasteiger partial charge in [-0.15, -0.1) is 0 Å². The highest BCUT2D eigenvalue weighted by Crippen LogP contribution is 2.32. The summed E-state index contributed by atoms with van der Waals surface area (Å²) in [6.45, 7) is 0. The maximum absolute atomic E-state index is 13.5. The van der Waals surface area contributed by atoms with E-state index in [2.05, 4.69) is 0 Å². The predicted molar refractivity (Wildman–Crippen MR) is 107 cm³/mol. The van der Waals surface area contributed by atoms with Gasteiger partial charge in [-0.2, -0.15) is 4.31 Å². The molecule has 2 heterocycles. The molecule has 0 aliphatic carbocycles. The second-order valence-electron chi connectivity index (χ2n) is 7.46. The molecule has 2 aromatic rings. The number of sulfone groups is 2. The topological polar surface area (TPSA) is 106 Å². The molecule has 0 unspecified atom stereocenters. The number of hydrogen-bond acceptors (Lipinski definition) is 6. The van der Waals surface area contributed by atoms with Crippen molar-refractivity contribution in [3.05, 3.63) is 42.5 Å². The van der Waals surface area contributed by atoms with Crippen LogP contribution in [0.2, 0.25) is 0 Å². The van der Waals surface area contributed by atoms with E-state index in [4.69, 9.17) is 0 Å². The van der Waals surface area contributed by atoms with Gasteiger partial charge in [0.2, 0.25) is 10.0 Å². The van der Waals surface area contributed by atoms with Crippen LogP contribution in [0.25, 0.3) is 10.8 Å². The Morgan fingerprint density at radius 1 is 0.786 bits per heavy atom. The van der Waals surface area contributed by atoms with Crippen molar-refractivity contribution >= 4 is 40.5 Å². The van der Waals surface area contributed by atoms with Crippen LogP contribution in [0, 0.1) is 0 Å². The summed E-state index contributed by atoms with van der Waals surface area (Å²) in [5.41, 5.74) is 0. The number of benzene rings is 2. The van der Waals surface area contributed by atoms with Crippen molar-refractivity contribution in [2.75, 3.05) is 23.0 Å². The second-order valence-corrected chi connectivity index (χ2v) is 13.8. The Balaban J connectivity index is 1.79. The average Bonchev–Trinajstić information content (AvgIpc) is 3.16. The van der Waals surface area contributed by atoms with Crippen molar-refractivity contribution in [2.24, 2.45) is 0 Å². The Morgan fingerprint density at radius 2 is 1.32 bits per heavy atom. The third kappa shape index (κ3) is 3.70. The van der Waals surface area contributed by atoms with E-state index >= 15 is 0 Å². The molecule has 2 saturated heterocycles. The molecule has 2 aliphatic rings. The van der Waals surface area contributed by atoms with Gasteiger partial charge in [0.05, 0.1) is 27.9 Å². The minimum absolute atomic E-state index is 0.0554. The lowest BCUT2D eigenvalue weighted by Crippen LogP contribution is -2.48. The average molecular weight is 444 g/mol. The molecule has 2 fully saturated rings. The Kier molecular flexibility index (Phi) is 4.80. The lowest BCUT2D eigenvalue weighted by atomic mass is 10.1. The zero-order chi connectivity index (χ0) is 20.2. The maximum atomic E-state index is 13.5. The molecule has 2 atom stereocenters. The molecule has 0 spiro atoms. The normalized spacial score (nSPS) is 26.8. The fraction of sp³-hybridized carbons (Fsp3) is 0.444. The van der Waals surface area contributed by atoms with Crippen molar-refractivity contribution in [3.8, 4) is 0 Å². The third-order valence-electron chi connectivity index (χ3n) is 5.43. The summed E-state index contributed by atoms with van der Waals surface area (Å²) in [5, 5.41) is 1.64. The smallest absolute Gasteiger partial charge is 0.229 e. The summed E-state index contributed by atoms with van der Waals surface area (Å²) in [4.78, 5) is 0.0554. The molecule has 0 saturated carbocycles. The van der Waals surface area contributed by atoms with E-state index in [9.17, 15) is 25.3 Å². The first-order chi connectivity index (χ1) is 13.1. The number of nitrogens with zero attached hydrogens (tertiary/aromatic N) is 1. The number of hydrogen-bond donors (Lipinski definition) is 0. The number of sulfonamides is 1.